The maximum absolute atomic E-state index is 13.9. The van der Waals surface area contributed by atoms with E-state index in [1.54, 1.807) is 42.1 Å². The Hall–Kier alpha value is -10.8. The smallest absolute Gasteiger partial charge is 0.328 e. The van der Waals surface area contributed by atoms with Crippen LogP contribution in [0, 0.1) is 13.8 Å². The van der Waals surface area contributed by atoms with E-state index in [0.29, 0.717) is 34.6 Å². The average molecular weight is 1180 g/mol. The molecule has 31 heteroatoms. The molecule has 0 fully saturated rings. The number of allylic oxidation sites excluding steroid dienone is 2. The van der Waals surface area contributed by atoms with Gasteiger partial charge in [0.05, 0.1) is 49.3 Å². The number of oxazole rings is 2. The standard InChI is InChI=1S/C54H60N14O17/c1-7-31-45(84-27(4)59-31)50(78)64-53-62-34-20-29(47(55)75)22-36(81-6)43(34)66(53)16-9-10-17-67-44-35(63-54(67)65-51(79)46-32(8-2)60-28(5)85-46)21-30(48(56)76)23-37(44)82-18-11-19-83-52(80)26(3)58-38(69)24-57-49(77)33(12-15-42(73)74)61-39(70)25-68-40(71)13-14-41(68)72/h9-10,13-14,20-23,26,33H,7-8,11-12,15-19,24-25H2,1-6H3,(H2,55,75)(H2,56,76)(H,57,77)(H,58,69)(H,61,70)(H,73,74)(H,62,64,78)(H,63,65,79)/b10-9+/t26-,33-/m0/s1. The van der Waals surface area contributed by atoms with Gasteiger partial charge in [0.15, 0.2) is 11.8 Å². The molecule has 0 radical (unpaired) electrons. The van der Waals surface area contributed by atoms with Gasteiger partial charge in [-0.15, -0.1) is 0 Å². The molecule has 6 aromatic rings. The van der Waals surface area contributed by atoms with Crippen LogP contribution in [0.1, 0.15) is 105 Å². The van der Waals surface area contributed by atoms with Gasteiger partial charge < -0.3 is 64.7 Å². The lowest BCUT2D eigenvalue weighted by Gasteiger charge is -2.20. The van der Waals surface area contributed by atoms with Crippen LogP contribution >= 0.6 is 0 Å². The predicted molar refractivity (Wildman–Crippen MR) is 296 cm³/mol. The zero-order chi connectivity index (χ0) is 61.8. The number of nitrogens with zero attached hydrogens (tertiary/aromatic N) is 7. The highest BCUT2D eigenvalue weighted by atomic mass is 16.5. The second-order valence-electron chi connectivity index (χ2n) is 18.8. The number of nitrogens with two attached hydrogens (primary N) is 2. The van der Waals surface area contributed by atoms with Gasteiger partial charge >= 0.3 is 11.9 Å². The Morgan fingerprint density at radius 3 is 1.73 bits per heavy atom. The summed E-state index contributed by atoms with van der Waals surface area (Å²) in [5.74, 6) is -8.64. The number of rotatable bonds is 29. The van der Waals surface area contributed by atoms with Crippen molar-refractivity contribution in [1.82, 2.24) is 49.9 Å². The van der Waals surface area contributed by atoms with Gasteiger partial charge in [-0.2, -0.15) is 0 Å². The third kappa shape index (κ3) is 15.0. The number of carboxylic acid groups (broad SMARTS) is 1. The van der Waals surface area contributed by atoms with E-state index in [4.69, 9.17) is 39.6 Å². The van der Waals surface area contributed by atoms with Gasteiger partial charge in [0.2, 0.25) is 53.0 Å². The van der Waals surface area contributed by atoms with Crippen LogP contribution in [0.5, 0.6) is 11.5 Å². The van der Waals surface area contributed by atoms with E-state index in [0.717, 1.165) is 12.2 Å². The first-order valence-corrected chi connectivity index (χ1v) is 26.3. The Kier molecular flexibility index (Phi) is 19.9. The number of primary amides is 2. The second kappa shape index (κ2) is 27.3. The molecule has 0 saturated heterocycles. The van der Waals surface area contributed by atoms with Crippen LogP contribution < -0.4 is 47.5 Å². The summed E-state index contributed by atoms with van der Waals surface area (Å²) in [6.45, 7) is 6.24. The van der Waals surface area contributed by atoms with Crippen LogP contribution in [0.15, 0.2) is 57.4 Å². The molecule has 448 valence electrons. The minimum Gasteiger partial charge on any atom is -0.494 e. The van der Waals surface area contributed by atoms with Crippen LogP contribution in [0.25, 0.3) is 22.1 Å². The Morgan fingerprint density at radius 1 is 0.718 bits per heavy atom. The molecule has 0 saturated carbocycles. The minimum atomic E-state index is -1.48. The predicted octanol–water partition coefficient (Wildman–Crippen LogP) is 1.28. The summed E-state index contributed by atoms with van der Waals surface area (Å²) in [4.78, 5) is 157. The number of carboxylic acids is 1. The molecule has 31 nitrogen and oxygen atoms in total. The van der Waals surface area contributed by atoms with Crippen molar-refractivity contribution in [2.45, 2.75) is 91.9 Å². The molecule has 85 heavy (non-hydrogen) atoms. The number of esters is 1. The summed E-state index contributed by atoms with van der Waals surface area (Å²) in [7, 11) is 1.39. The van der Waals surface area contributed by atoms with E-state index >= 15 is 0 Å². The van der Waals surface area contributed by atoms with E-state index in [9.17, 15) is 52.7 Å². The van der Waals surface area contributed by atoms with Gasteiger partial charge in [0, 0.05) is 63.1 Å². The number of benzene rings is 2. The van der Waals surface area contributed by atoms with Crippen molar-refractivity contribution in [2.24, 2.45) is 11.5 Å². The average Bonchev–Trinajstić information content (AvgIpc) is 1.87. The van der Waals surface area contributed by atoms with Crippen molar-refractivity contribution in [3.8, 4) is 11.5 Å². The summed E-state index contributed by atoms with van der Waals surface area (Å²) in [6, 6.07) is 2.93. The summed E-state index contributed by atoms with van der Waals surface area (Å²) in [5, 5.41) is 21.6. The molecule has 4 aromatic heterocycles. The number of methoxy groups -OCH3 is 1. The maximum Gasteiger partial charge on any atom is 0.328 e. The van der Waals surface area contributed by atoms with E-state index in [1.807, 2.05) is 6.92 Å². The van der Waals surface area contributed by atoms with Crippen molar-refractivity contribution >= 4 is 99.1 Å². The van der Waals surface area contributed by atoms with Crippen molar-refractivity contribution in [2.75, 3.05) is 44.0 Å². The number of carbonyl (C=O) groups excluding carboxylic acids is 10. The number of imide groups is 1. The number of ether oxygens (including phenoxy) is 3. The highest BCUT2D eigenvalue weighted by molar-refractivity contribution is 6.14. The van der Waals surface area contributed by atoms with Crippen molar-refractivity contribution in [1.29, 1.82) is 0 Å². The number of anilines is 2. The number of hydrogen-bond donors (Lipinski definition) is 8. The quantitative estimate of drug-likeness (QED) is 0.0142. The Morgan fingerprint density at radius 2 is 1.24 bits per heavy atom. The summed E-state index contributed by atoms with van der Waals surface area (Å²) < 4.78 is 31.7. The fourth-order valence-corrected chi connectivity index (χ4v) is 8.70. The van der Waals surface area contributed by atoms with E-state index in [-0.39, 0.29) is 107 Å². The van der Waals surface area contributed by atoms with Gasteiger partial charge in [-0.05, 0) is 50.5 Å². The highest BCUT2D eigenvalue weighted by Crippen LogP contribution is 2.33. The van der Waals surface area contributed by atoms with Crippen molar-refractivity contribution in [3.05, 3.63) is 94.4 Å². The molecular formula is C54H60N14O17. The number of aromatic nitrogens is 6. The SMILES string of the molecule is CCc1nc(C)oc1C(=O)Nc1nc2cc(C(N)=O)cc(OC)c2n1C/C=C/Cn1c(NC(=O)c2oc(C)nc2CC)nc2cc(C(N)=O)cc(OCCCOC(=O)[C@H](C)NC(=O)CNC(=O)[C@H](CCC(=O)O)NC(=O)CN3C(=O)C=CC3=O)c21. The van der Waals surface area contributed by atoms with Crippen LogP contribution in [0.3, 0.4) is 0 Å². The zero-order valence-electron chi connectivity index (χ0n) is 46.8. The lowest BCUT2D eigenvalue weighted by Crippen LogP contribution is -2.52. The normalized spacial score (nSPS) is 12.8. The monoisotopic (exact) mass is 1180 g/mol. The van der Waals surface area contributed by atoms with Gasteiger partial charge in [0.25, 0.3) is 23.6 Å². The third-order valence-electron chi connectivity index (χ3n) is 12.7. The van der Waals surface area contributed by atoms with Gasteiger partial charge in [-0.3, -0.25) is 63.5 Å². The molecule has 0 spiro atoms. The number of nitrogens with one attached hydrogen (secondary N) is 5. The van der Waals surface area contributed by atoms with Gasteiger partial charge in [0.1, 0.15) is 41.2 Å². The van der Waals surface area contributed by atoms with Crippen LogP contribution in [0.2, 0.25) is 0 Å². The Bertz CT molecular complexity index is 3700. The number of aryl methyl sites for hydroxylation is 4. The summed E-state index contributed by atoms with van der Waals surface area (Å²) in [6.07, 6.45) is 5.16. The minimum absolute atomic E-state index is 0.0128. The molecule has 0 aliphatic carbocycles. The van der Waals surface area contributed by atoms with Gasteiger partial charge in [-0.1, -0.05) is 26.0 Å². The second-order valence-corrected chi connectivity index (χ2v) is 18.8. The van der Waals surface area contributed by atoms with Gasteiger partial charge in [-0.25, -0.2) is 24.7 Å². The number of hydrogen-bond acceptors (Lipinski definition) is 20. The van der Waals surface area contributed by atoms with Crippen molar-refractivity contribution in [3.63, 3.8) is 0 Å². The molecule has 10 N–H and O–H groups in total. The molecular weight excluding hydrogens is 1120 g/mol. The third-order valence-corrected chi connectivity index (χ3v) is 12.7. The number of amides is 9. The van der Waals surface area contributed by atoms with Crippen LogP contribution in [0.4, 0.5) is 11.9 Å². The first kappa shape index (κ1) is 61.9. The molecule has 0 bridgehead atoms. The van der Waals surface area contributed by atoms with E-state index in [1.165, 1.54) is 38.3 Å². The van der Waals surface area contributed by atoms with Crippen molar-refractivity contribution < 1.29 is 80.9 Å². The molecule has 1 aliphatic rings. The van der Waals surface area contributed by atoms with Crippen LogP contribution in [-0.4, -0.2) is 150 Å². The topological polar surface area (TPSA) is 439 Å². The zero-order valence-corrected chi connectivity index (χ0v) is 46.8. The van der Waals surface area contributed by atoms with E-state index < -0.39 is 103 Å². The number of carbonyl (C=O) groups is 11. The molecule has 2 atom stereocenters. The molecule has 9 amide bonds. The number of fused-ring (bicyclic) bond motifs is 2. The number of imidazole rings is 2. The Labute approximate surface area is 481 Å². The lowest BCUT2D eigenvalue weighted by molar-refractivity contribution is -0.147. The first-order valence-electron chi connectivity index (χ1n) is 26.3. The van der Waals surface area contributed by atoms with E-state index in [2.05, 4.69) is 46.5 Å². The molecule has 2 aromatic carbocycles. The highest BCUT2D eigenvalue weighted by Gasteiger charge is 2.30. The maximum atomic E-state index is 13.9. The summed E-state index contributed by atoms with van der Waals surface area (Å²) in [5.41, 5.74) is 13.3. The molecule has 1 aliphatic heterocycles. The van der Waals surface area contributed by atoms with Crippen LogP contribution in [-0.2, 0) is 64.2 Å². The summed E-state index contributed by atoms with van der Waals surface area (Å²) >= 11 is 0. The fraction of sp³-hybridized carbons (Fsp3) is 0.352. The first-order chi connectivity index (χ1) is 40.5. The lowest BCUT2D eigenvalue weighted by atomic mass is 10.1. The molecule has 0 unspecified atom stereocenters. The molecule has 5 heterocycles. The fourth-order valence-electron chi connectivity index (χ4n) is 8.70. The molecule has 7 rings (SSSR count). The number of aliphatic carboxylic acids is 1. The largest absolute Gasteiger partial charge is 0.494 e. The Balaban J connectivity index is 1.06.